The third kappa shape index (κ3) is 3.69. The number of hydrogen-bond acceptors (Lipinski definition) is 4. The molecule has 2 aliphatic heterocycles. The highest BCUT2D eigenvalue weighted by Crippen LogP contribution is 2.53. The summed E-state index contributed by atoms with van der Waals surface area (Å²) in [6.45, 7) is 8.26. The number of nitrogens with zero attached hydrogens (tertiary/aromatic N) is 3. The number of carbonyl (C=O) groups is 2. The average Bonchev–Trinajstić information content (AvgIpc) is 3.64. The quantitative estimate of drug-likeness (QED) is 0.650. The molecule has 0 N–H and O–H groups in total. The number of pyridine rings is 1. The van der Waals surface area contributed by atoms with Crippen molar-refractivity contribution in [1.29, 1.82) is 0 Å². The van der Waals surface area contributed by atoms with Crippen LogP contribution in [0.1, 0.15) is 73.9 Å². The topological polar surface area (TPSA) is 62.7 Å². The summed E-state index contributed by atoms with van der Waals surface area (Å²) in [7, 11) is 0. The van der Waals surface area contributed by atoms with Crippen LogP contribution in [0.3, 0.4) is 0 Å². The Bertz CT molecular complexity index is 1020. The summed E-state index contributed by atoms with van der Waals surface area (Å²) < 4.78 is 6.20. The number of rotatable bonds is 5. The van der Waals surface area contributed by atoms with Gasteiger partial charge in [-0.3, -0.25) is 14.7 Å². The number of ether oxygens (including phenoxy) is 1. The summed E-state index contributed by atoms with van der Waals surface area (Å²) in [5.74, 6) is 1.03. The number of likely N-dealkylation sites (tertiary alicyclic amines) is 1. The molecule has 1 aromatic heterocycles. The van der Waals surface area contributed by atoms with E-state index < -0.39 is 11.1 Å². The highest BCUT2D eigenvalue weighted by Gasteiger charge is 2.64. The Labute approximate surface area is 195 Å². The molecule has 1 unspecified atom stereocenters. The molecule has 0 bridgehead atoms. The summed E-state index contributed by atoms with van der Waals surface area (Å²) in [6, 6.07) is 11.9. The molecule has 2 aromatic rings. The lowest BCUT2D eigenvalue weighted by Gasteiger charge is -2.48. The summed E-state index contributed by atoms with van der Waals surface area (Å²) >= 11 is 0. The maximum Gasteiger partial charge on any atom is 0.411 e. The Morgan fingerprint density at radius 3 is 2.42 bits per heavy atom. The molecule has 2 saturated heterocycles. The van der Waals surface area contributed by atoms with E-state index in [1.165, 1.54) is 5.56 Å². The molecule has 3 heterocycles. The van der Waals surface area contributed by atoms with E-state index in [4.69, 9.17) is 4.74 Å². The first-order valence-electron chi connectivity index (χ1n) is 12.1. The van der Waals surface area contributed by atoms with Gasteiger partial charge in [0, 0.05) is 50.4 Å². The molecule has 3 aliphatic rings. The lowest BCUT2D eigenvalue weighted by Crippen LogP contribution is -2.59. The van der Waals surface area contributed by atoms with Gasteiger partial charge < -0.3 is 9.64 Å². The summed E-state index contributed by atoms with van der Waals surface area (Å²) in [6.07, 6.45) is 6.93. The Morgan fingerprint density at radius 2 is 1.85 bits per heavy atom. The van der Waals surface area contributed by atoms with Gasteiger partial charge in [0.1, 0.15) is 11.1 Å². The zero-order valence-corrected chi connectivity index (χ0v) is 19.8. The van der Waals surface area contributed by atoms with Crippen molar-refractivity contribution in [1.82, 2.24) is 14.8 Å². The monoisotopic (exact) mass is 447 g/mol. The van der Waals surface area contributed by atoms with Gasteiger partial charge in [-0.1, -0.05) is 32.0 Å². The maximum absolute atomic E-state index is 13.2. The molecule has 1 atom stereocenters. The van der Waals surface area contributed by atoms with E-state index in [-0.39, 0.29) is 12.0 Å². The first kappa shape index (κ1) is 21.9. The van der Waals surface area contributed by atoms with Crippen LogP contribution in [0.25, 0.3) is 0 Å². The third-order valence-corrected chi connectivity index (χ3v) is 7.97. The van der Waals surface area contributed by atoms with Gasteiger partial charge >= 0.3 is 6.09 Å². The molecule has 6 heteroatoms. The van der Waals surface area contributed by atoms with Gasteiger partial charge in [0.2, 0.25) is 0 Å². The minimum Gasteiger partial charge on any atom is -0.440 e. The van der Waals surface area contributed by atoms with Crippen molar-refractivity contribution in [2.24, 2.45) is 5.92 Å². The largest absolute Gasteiger partial charge is 0.440 e. The number of carbonyl (C=O) groups excluding carboxylic acids is 2. The van der Waals surface area contributed by atoms with Crippen LogP contribution in [0.4, 0.5) is 4.79 Å². The lowest BCUT2D eigenvalue weighted by molar-refractivity contribution is -0.0548. The minimum absolute atomic E-state index is 0.0439. The van der Waals surface area contributed by atoms with Crippen molar-refractivity contribution in [2.45, 2.75) is 63.5 Å². The number of benzene rings is 1. The zero-order chi connectivity index (χ0) is 23.2. The van der Waals surface area contributed by atoms with E-state index in [0.29, 0.717) is 43.3 Å². The van der Waals surface area contributed by atoms with E-state index in [9.17, 15) is 9.59 Å². The van der Waals surface area contributed by atoms with Crippen LogP contribution in [-0.2, 0) is 10.3 Å². The van der Waals surface area contributed by atoms with Crippen molar-refractivity contribution >= 4 is 12.0 Å². The van der Waals surface area contributed by atoms with E-state index in [0.717, 1.165) is 24.9 Å². The van der Waals surface area contributed by atoms with E-state index >= 15 is 0 Å². The predicted molar refractivity (Wildman–Crippen MR) is 126 cm³/mol. The lowest BCUT2D eigenvalue weighted by atomic mass is 9.70. The summed E-state index contributed by atoms with van der Waals surface area (Å²) in [5.41, 5.74) is 1.67. The van der Waals surface area contributed by atoms with Crippen LogP contribution < -0.4 is 0 Å². The van der Waals surface area contributed by atoms with Gasteiger partial charge in [-0.15, -0.1) is 0 Å². The van der Waals surface area contributed by atoms with Gasteiger partial charge in [-0.05, 0) is 60.9 Å². The van der Waals surface area contributed by atoms with Crippen LogP contribution in [0.2, 0.25) is 0 Å². The molecule has 3 fully saturated rings. The normalized spacial score (nSPS) is 24.4. The van der Waals surface area contributed by atoms with Gasteiger partial charge in [0.25, 0.3) is 5.91 Å². The second kappa shape index (κ2) is 8.15. The summed E-state index contributed by atoms with van der Waals surface area (Å²) in [4.78, 5) is 34.5. The molecule has 0 radical (unpaired) electrons. The number of piperidine rings is 1. The Balaban J connectivity index is 1.38. The van der Waals surface area contributed by atoms with Crippen LogP contribution in [0, 0.1) is 5.92 Å². The van der Waals surface area contributed by atoms with Crippen LogP contribution in [0.5, 0.6) is 0 Å². The minimum atomic E-state index is -0.666. The van der Waals surface area contributed by atoms with Crippen LogP contribution >= 0.6 is 0 Å². The number of aromatic nitrogens is 1. The fourth-order valence-electron chi connectivity index (χ4n) is 5.49. The number of hydrogen-bond donors (Lipinski definition) is 0. The van der Waals surface area contributed by atoms with Crippen molar-refractivity contribution in [3.05, 3.63) is 65.5 Å². The maximum atomic E-state index is 13.2. The molecule has 1 spiro atoms. The molecule has 2 amide bonds. The van der Waals surface area contributed by atoms with Crippen molar-refractivity contribution in [3.8, 4) is 0 Å². The van der Waals surface area contributed by atoms with Gasteiger partial charge in [-0.2, -0.15) is 0 Å². The molecule has 33 heavy (non-hydrogen) atoms. The summed E-state index contributed by atoms with van der Waals surface area (Å²) in [5, 5.41) is 0. The Morgan fingerprint density at radius 1 is 1.15 bits per heavy atom. The average molecular weight is 448 g/mol. The van der Waals surface area contributed by atoms with Crippen LogP contribution in [0.15, 0.2) is 48.8 Å². The van der Waals surface area contributed by atoms with Gasteiger partial charge in [0.05, 0.1) is 0 Å². The molecule has 1 aromatic carbocycles. The van der Waals surface area contributed by atoms with Crippen LogP contribution in [-0.4, -0.2) is 52.0 Å². The Hall–Kier alpha value is -2.89. The Kier molecular flexibility index (Phi) is 5.42. The van der Waals surface area contributed by atoms with Crippen molar-refractivity contribution < 1.29 is 14.3 Å². The molecule has 6 nitrogen and oxygen atoms in total. The SMILES string of the molecule is CC(C)c1ccc(C(=O)N2CCC3(CC2)OC(=O)N(CC2CC2)C3(C)c2cccnc2)cc1. The molecule has 174 valence electrons. The smallest absolute Gasteiger partial charge is 0.411 e. The highest BCUT2D eigenvalue weighted by molar-refractivity contribution is 5.94. The van der Waals surface area contributed by atoms with Crippen molar-refractivity contribution in [3.63, 3.8) is 0 Å². The van der Waals surface area contributed by atoms with E-state index in [1.807, 2.05) is 52.4 Å². The van der Waals surface area contributed by atoms with Crippen molar-refractivity contribution in [2.75, 3.05) is 19.6 Å². The van der Waals surface area contributed by atoms with E-state index in [2.05, 4.69) is 25.8 Å². The van der Waals surface area contributed by atoms with Gasteiger partial charge in [0.15, 0.2) is 0 Å². The first-order valence-corrected chi connectivity index (χ1v) is 12.1. The second-order valence-corrected chi connectivity index (χ2v) is 10.3. The molecular weight excluding hydrogens is 414 g/mol. The third-order valence-electron chi connectivity index (χ3n) is 7.97. The predicted octanol–water partition coefficient (Wildman–Crippen LogP) is 4.96. The fourth-order valence-corrected chi connectivity index (χ4v) is 5.49. The van der Waals surface area contributed by atoms with E-state index in [1.54, 1.807) is 6.20 Å². The first-order chi connectivity index (χ1) is 15.8. The van der Waals surface area contributed by atoms with Gasteiger partial charge in [-0.25, -0.2) is 4.79 Å². The molecule has 1 aliphatic carbocycles. The molecule has 5 rings (SSSR count). The molecular formula is C27H33N3O3. The molecule has 1 saturated carbocycles. The fraction of sp³-hybridized carbons (Fsp3) is 0.519. The zero-order valence-electron chi connectivity index (χ0n) is 19.8. The standard InChI is InChI=1S/C27H33N3O3/c1-19(2)21-8-10-22(11-9-21)24(31)29-15-12-27(13-16-29)26(3,23-5-4-14-28-17-23)30(25(32)33-27)18-20-6-7-20/h4-5,8-11,14,17,19-20H,6-7,12-13,15-16,18H2,1-3H3. The second-order valence-electron chi connectivity index (χ2n) is 10.3. The number of amides is 2. The highest BCUT2D eigenvalue weighted by atomic mass is 16.6.